The highest BCUT2D eigenvalue weighted by molar-refractivity contribution is 7.89. The quantitative estimate of drug-likeness (QED) is 0.532. The van der Waals surface area contributed by atoms with Crippen LogP contribution in [0.5, 0.6) is 0 Å². The number of nitrogens with zero attached hydrogens (tertiary/aromatic N) is 3. The number of piperidine rings is 1. The molecule has 31 heavy (non-hydrogen) atoms. The molecule has 1 saturated heterocycles. The predicted molar refractivity (Wildman–Crippen MR) is 109 cm³/mol. The highest BCUT2D eigenvalue weighted by Gasteiger charge is 2.37. The van der Waals surface area contributed by atoms with Crippen LogP contribution in [0, 0.1) is 19.8 Å². The smallest absolute Gasteiger partial charge is 0.310 e. The Labute approximate surface area is 180 Å². The molecule has 1 aliphatic heterocycles. The Hall–Kier alpha value is -2.98. The van der Waals surface area contributed by atoms with Gasteiger partial charge in [0, 0.05) is 24.7 Å². The summed E-state index contributed by atoms with van der Waals surface area (Å²) in [4.78, 5) is 12.7. The van der Waals surface area contributed by atoms with Crippen molar-refractivity contribution in [3.63, 3.8) is 0 Å². The molecule has 1 unspecified atom stereocenters. The zero-order chi connectivity index (χ0) is 22.0. The highest BCUT2D eigenvalue weighted by atomic mass is 32.2. The molecule has 0 bridgehead atoms. The van der Waals surface area contributed by atoms with Gasteiger partial charge in [0.1, 0.15) is 16.3 Å². The maximum Gasteiger partial charge on any atom is 0.310 e. The number of rotatable bonds is 6. The number of ether oxygens (including phenoxy) is 1. The van der Waals surface area contributed by atoms with Gasteiger partial charge in [-0.3, -0.25) is 4.79 Å². The van der Waals surface area contributed by atoms with Crippen LogP contribution in [0.25, 0.3) is 11.3 Å². The van der Waals surface area contributed by atoms with Crippen LogP contribution < -0.4 is 0 Å². The number of sulfonamides is 1. The Morgan fingerprint density at radius 1 is 1.19 bits per heavy atom. The predicted octanol–water partition coefficient (Wildman–Crippen LogP) is 3.09. The van der Waals surface area contributed by atoms with Gasteiger partial charge in [-0.15, -0.1) is 0 Å². The van der Waals surface area contributed by atoms with E-state index in [1.54, 1.807) is 19.9 Å². The second kappa shape index (κ2) is 8.64. The first kappa shape index (κ1) is 21.3. The minimum atomic E-state index is -3.80. The van der Waals surface area contributed by atoms with Gasteiger partial charge in [0.15, 0.2) is 18.1 Å². The molecule has 0 aliphatic carbocycles. The molecule has 164 valence electrons. The van der Waals surface area contributed by atoms with Crippen LogP contribution in [0.4, 0.5) is 0 Å². The molecule has 2 aromatic heterocycles. The summed E-state index contributed by atoms with van der Waals surface area (Å²) in [5.41, 5.74) is 1.86. The van der Waals surface area contributed by atoms with Crippen LogP contribution in [-0.4, -0.2) is 42.1 Å². The molecule has 1 aromatic carbocycles. The van der Waals surface area contributed by atoms with E-state index in [-0.39, 0.29) is 23.8 Å². The van der Waals surface area contributed by atoms with Crippen molar-refractivity contribution in [2.45, 2.75) is 38.2 Å². The fourth-order valence-corrected chi connectivity index (χ4v) is 5.53. The summed E-state index contributed by atoms with van der Waals surface area (Å²) in [5, 5.41) is 7.73. The molecule has 0 amide bonds. The Kier molecular flexibility index (Phi) is 5.92. The van der Waals surface area contributed by atoms with Gasteiger partial charge in [-0.1, -0.05) is 40.6 Å². The van der Waals surface area contributed by atoms with E-state index in [9.17, 15) is 13.2 Å². The monoisotopic (exact) mass is 445 g/mol. The number of hydrogen-bond acceptors (Lipinski definition) is 8. The van der Waals surface area contributed by atoms with Gasteiger partial charge < -0.3 is 13.8 Å². The molecule has 0 saturated carbocycles. The van der Waals surface area contributed by atoms with Crippen molar-refractivity contribution in [3.8, 4) is 11.3 Å². The lowest BCUT2D eigenvalue weighted by Crippen LogP contribution is -2.43. The van der Waals surface area contributed by atoms with Crippen molar-refractivity contribution < 1.29 is 27.0 Å². The molecular weight excluding hydrogens is 422 g/mol. The van der Waals surface area contributed by atoms with Gasteiger partial charge >= 0.3 is 5.97 Å². The van der Waals surface area contributed by atoms with E-state index in [0.29, 0.717) is 36.5 Å². The van der Waals surface area contributed by atoms with E-state index < -0.39 is 21.9 Å². The standard InChI is InChI=1S/C21H23N3O6S/c1-14-20(15(2)29-22-14)31(26,27)24-10-6-9-17(12-24)21(25)28-13-18-11-19(23-30-18)16-7-4-3-5-8-16/h3-5,7-8,11,17H,6,9-10,12-13H2,1-2H3. The zero-order valence-corrected chi connectivity index (χ0v) is 18.1. The van der Waals surface area contributed by atoms with E-state index >= 15 is 0 Å². The number of hydrogen-bond donors (Lipinski definition) is 0. The lowest BCUT2D eigenvalue weighted by Gasteiger charge is -2.30. The van der Waals surface area contributed by atoms with Gasteiger partial charge in [-0.25, -0.2) is 8.42 Å². The second-order valence-corrected chi connectivity index (χ2v) is 9.38. The van der Waals surface area contributed by atoms with Gasteiger partial charge in [-0.2, -0.15) is 4.31 Å². The molecule has 1 fully saturated rings. The maximum absolute atomic E-state index is 13.0. The third-order valence-corrected chi connectivity index (χ3v) is 7.38. The summed E-state index contributed by atoms with van der Waals surface area (Å²) < 4.78 is 43.0. The van der Waals surface area contributed by atoms with E-state index in [2.05, 4.69) is 10.3 Å². The van der Waals surface area contributed by atoms with Crippen molar-refractivity contribution >= 4 is 16.0 Å². The molecule has 9 nitrogen and oxygen atoms in total. The van der Waals surface area contributed by atoms with Crippen molar-refractivity contribution in [3.05, 3.63) is 53.6 Å². The molecule has 1 atom stereocenters. The van der Waals surface area contributed by atoms with E-state index in [1.165, 1.54) is 4.31 Å². The maximum atomic E-state index is 13.0. The molecule has 1 aliphatic rings. The minimum Gasteiger partial charge on any atom is -0.457 e. The third-order valence-electron chi connectivity index (χ3n) is 5.27. The highest BCUT2D eigenvalue weighted by Crippen LogP contribution is 2.28. The number of benzene rings is 1. The summed E-state index contributed by atoms with van der Waals surface area (Å²) in [6.07, 6.45) is 1.11. The van der Waals surface area contributed by atoms with Crippen LogP contribution in [0.1, 0.15) is 30.1 Å². The Balaban J connectivity index is 1.39. The largest absolute Gasteiger partial charge is 0.457 e. The van der Waals surface area contributed by atoms with Crippen molar-refractivity contribution in [2.24, 2.45) is 5.92 Å². The molecule has 0 radical (unpaired) electrons. The second-order valence-electron chi connectivity index (χ2n) is 7.51. The zero-order valence-electron chi connectivity index (χ0n) is 17.3. The topological polar surface area (TPSA) is 116 Å². The average molecular weight is 445 g/mol. The Bertz CT molecular complexity index is 1150. The molecule has 10 heteroatoms. The van der Waals surface area contributed by atoms with Gasteiger partial charge in [0.2, 0.25) is 10.0 Å². The lowest BCUT2D eigenvalue weighted by molar-refractivity contribution is -0.151. The summed E-state index contributed by atoms with van der Waals surface area (Å²) in [6, 6.07) is 11.2. The van der Waals surface area contributed by atoms with Crippen LogP contribution in [0.2, 0.25) is 0 Å². The van der Waals surface area contributed by atoms with Crippen LogP contribution in [0.15, 0.2) is 50.3 Å². The number of aromatic nitrogens is 2. The van der Waals surface area contributed by atoms with E-state index in [0.717, 1.165) is 5.56 Å². The van der Waals surface area contributed by atoms with Gasteiger partial charge in [-0.05, 0) is 26.7 Å². The summed E-state index contributed by atoms with van der Waals surface area (Å²) in [5.74, 6) is -0.359. The first-order valence-corrected chi connectivity index (χ1v) is 11.4. The number of esters is 1. The summed E-state index contributed by atoms with van der Waals surface area (Å²) in [7, 11) is -3.80. The average Bonchev–Trinajstić information content (AvgIpc) is 3.39. The third kappa shape index (κ3) is 4.40. The normalized spacial score (nSPS) is 17.5. The number of aryl methyl sites for hydroxylation is 2. The van der Waals surface area contributed by atoms with Crippen molar-refractivity contribution in [1.29, 1.82) is 0 Å². The molecule has 3 heterocycles. The van der Waals surface area contributed by atoms with E-state index in [1.807, 2.05) is 30.3 Å². The summed E-state index contributed by atoms with van der Waals surface area (Å²) in [6.45, 7) is 3.46. The Morgan fingerprint density at radius 3 is 2.68 bits per heavy atom. The van der Waals surface area contributed by atoms with Crippen LogP contribution in [0.3, 0.4) is 0 Å². The fraction of sp³-hybridized carbons (Fsp3) is 0.381. The molecule has 3 aromatic rings. The first-order chi connectivity index (χ1) is 14.9. The molecule has 0 N–H and O–H groups in total. The summed E-state index contributed by atoms with van der Waals surface area (Å²) >= 11 is 0. The van der Waals surface area contributed by atoms with E-state index in [4.69, 9.17) is 13.8 Å². The lowest BCUT2D eigenvalue weighted by atomic mass is 10.00. The molecular formula is C21H23N3O6S. The first-order valence-electron chi connectivity index (χ1n) is 9.97. The number of carbonyl (C=O) groups is 1. The van der Waals surface area contributed by atoms with Crippen molar-refractivity contribution in [1.82, 2.24) is 14.6 Å². The molecule has 0 spiro atoms. The molecule has 4 rings (SSSR count). The van der Waals surface area contributed by atoms with Crippen LogP contribution in [-0.2, 0) is 26.2 Å². The Morgan fingerprint density at radius 2 is 1.97 bits per heavy atom. The fourth-order valence-electron chi connectivity index (χ4n) is 3.71. The minimum absolute atomic E-state index is 0.0525. The van der Waals surface area contributed by atoms with Gasteiger partial charge in [0.25, 0.3) is 0 Å². The SMILES string of the molecule is Cc1noc(C)c1S(=O)(=O)N1CCCC(C(=O)OCc2cc(-c3ccccc3)no2)C1. The van der Waals surface area contributed by atoms with Crippen molar-refractivity contribution in [2.75, 3.05) is 13.1 Å². The van der Waals surface area contributed by atoms with Crippen LogP contribution >= 0.6 is 0 Å². The van der Waals surface area contributed by atoms with Gasteiger partial charge in [0.05, 0.1) is 5.92 Å². The number of carbonyl (C=O) groups excluding carboxylic acids is 1.